The van der Waals surface area contributed by atoms with E-state index in [-0.39, 0.29) is 0 Å². The minimum Gasteiger partial charge on any atom is -0.361 e. The molecule has 7 nitrogen and oxygen atoms in total. The lowest BCUT2D eigenvalue weighted by atomic mass is 10.1. The van der Waals surface area contributed by atoms with E-state index in [1.54, 1.807) is 7.05 Å². The van der Waals surface area contributed by atoms with E-state index in [1.165, 1.54) is 5.56 Å². The van der Waals surface area contributed by atoms with Gasteiger partial charge in [-0.25, -0.2) is 0 Å². The summed E-state index contributed by atoms with van der Waals surface area (Å²) in [4.78, 5) is 4.25. The van der Waals surface area contributed by atoms with Crippen molar-refractivity contribution in [3.05, 3.63) is 35.0 Å². The second-order valence-electron chi connectivity index (χ2n) is 5.37. The number of aryl methyl sites for hydroxylation is 3. The molecule has 2 heterocycles. The number of nitrogens with one attached hydrogen (secondary N) is 2. The molecule has 0 saturated carbocycles. The summed E-state index contributed by atoms with van der Waals surface area (Å²) in [7, 11) is 1.77. The van der Waals surface area contributed by atoms with Crippen LogP contribution in [0, 0.1) is 6.92 Å². The second kappa shape index (κ2) is 8.36. The lowest BCUT2D eigenvalue weighted by Gasteiger charge is -2.12. The van der Waals surface area contributed by atoms with Gasteiger partial charge >= 0.3 is 0 Å². The van der Waals surface area contributed by atoms with Gasteiger partial charge < -0.3 is 15.2 Å². The molecule has 126 valence electrons. The van der Waals surface area contributed by atoms with Gasteiger partial charge in [-0.2, -0.15) is 5.10 Å². The van der Waals surface area contributed by atoms with Crippen LogP contribution in [-0.4, -0.2) is 34.5 Å². The van der Waals surface area contributed by atoms with Crippen molar-refractivity contribution in [3.63, 3.8) is 0 Å². The summed E-state index contributed by atoms with van der Waals surface area (Å²) >= 11 is 0. The Bertz CT molecular complexity index is 621. The van der Waals surface area contributed by atoms with Crippen molar-refractivity contribution in [1.29, 1.82) is 0 Å². The normalized spacial score (nSPS) is 11.7. The predicted octanol–water partition coefficient (Wildman–Crippen LogP) is 1.67. The Morgan fingerprint density at radius 3 is 2.74 bits per heavy atom. The maximum Gasteiger partial charge on any atom is 0.191 e. The summed E-state index contributed by atoms with van der Waals surface area (Å²) in [6.45, 7) is 8.40. The van der Waals surface area contributed by atoms with Crippen LogP contribution in [0.4, 0.5) is 0 Å². The van der Waals surface area contributed by atoms with E-state index in [9.17, 15) is 0 Å². The molecule has 0 aliphatic carbocycles. The van der Waals surface area contributed by atoms with Crippen molar-refractivity contribution in [2.24, 2.45) is 4.99 Å². The van der Waals surface area contributed by atoms with Gasteiger partial charge in [0.2, 0.25) is 0 Å². The number of hydrogen-bond donors (Lipinski definition) is 2. The number of nitrogens with zero attached hydrogens (tertiary/aromatic N) is 4. The van der Waals surface area contributed by atoms with Gasteiger partial charge in [0.1, 0.15) is 5.76 Å². The van der Waals surface area contributed by atoms with Crippen molar-refractivity contribution >= 4 is 5.96 Å². The highest BCUT2D eigenvalue weighted by Gasteiger charge is 2.13. The van der Waals surface area contributed by atoms with Gasteiger partial charge in [-0.15, -0.1) is 0 Å². The van der Waals surface area contributed by atoms with E-state index in [4.69, 9.17) is 4.52 Å². The SMILES string of the molecule is CCc1noc(CC)c1CNC(=NC)NCCn1cc(C)cn1. The van der Waals surface area contributed by atoms with Gasteiger partial charge in [0.15, 0.2) is 5.96 Å². The van der Waals surface area contributed by atoms with E-state index >= 15 is 0 Å². The zero-order valence-electron chi connectivity index (χ0n) is 14.4. The first-order chi connectivity index (χ1) is 11.2. The molecule has 0 radical (unpaired) electrons. The summed E-state index contributed by atoms with van der Waals surface area (Å²) in [6, 6.07) is 0. The minimum absolute atomic E-state index is 0.663. The molecule has 0 spiro atoms. The van der Waals surface area contributed by atoms with E-state index in [2.05, 4.69) is 39.7 Å². The topological polar surface area (TPSA) is 80.3 Å². The average molecular weight is 318 g/mol. The zero-order valence-corrected chi connectivity index (χ0v) is 14.4. The molecule has 2 aromatic heterocycles. The molecule has 0 aliphatic rings. The van der Waals surface area contributed by atoms with Gasteiger partial charge in [0.25, 0.3) is 0 Å². The summed E-state index contributed by atoms with van der Waals surface area (Å²) in [5.41, 5.74) is 3.32. The zero-order chi connectivity index (χ0) is 16.7. The van der Waals surface area contributed by atoms with Gasteiger partial charge in [0.05, 0.1) is 18.4 Å². The first-order valence-electron chi connectivity index (χ1n) is 8.07. The highest BCUT2D eigenvalue weighted by molar-refractivity contribution is 5.79. The Kier molecular flexibility index (Phi) is 6.19. The minimum atomic E-state index is 0.663. The van der Waals surface area contributed by atoms with E-state index in [1.807, 2.05) is 24.0 Å². The Balaban J connectivity index is 1.84. The molecule has 0 unspecified atom stereocenters. The van der Waals surface area contributed by atoms with E-state index in [0.717, 1.165) is 48.9 Å². The van der Waals surface area contributed by atoms with Gasteiger partial charge in [0, 0.05) is 38.3 Å². The Morgan fingerprint density at radius 1 is 1.30 bits per heavy atom. The molecular weight excluding hydrogens is 292 g/mol. The quantitative estimate of drug-likeness (QED) is 0.599. The molecule has 0 aromatic carbocycles. The van der Waals surface area contributed by atoms with Gasteiger partial charge in [-0.05, 0) is 18.9 Å². The molecule has 0 fully saturated rings. The highest BCUT2D eigenvalue weighted by atomic mass is 16.5. The number of aromatic nitrogens is 3. The average Bonchev–Trinajstić information content (AvgIpc) is 3.16. The molecule has 0 atom stereocenters. The van der Waals surface area contributed by atoms with Crippen LogP contribution in [-0.2, 0) is 25.9 Å². The molecule has 0 bridgehead atoms. The number of rotatable bonds is 7. The van der Waals surface area contributed by atoms with Crippen molar-refractivity contribution in [2.45, 2.75) is 46.7 Å². The summed E-state index contributed by atoms with van der Waals surface area (Å²) in [6.07, 6.45) is 5.59. The third kappa shape index (κ3) is 4.58. The fourth-order valence-electron chi connectivity index (χ4n) is 2.41. The molecule has 23 heavy (non-hydrogen) atoms. The second-order valence-corrected chi connectivity index (χ2v) is 5.37. The number of hydrogen-bond acceptors (Lipinski definition) is 4. The van der Waals surface area contributed by atoms with Crippen LogP contribution in [0.2, 0.25) is 0 Å². The smallest absolute Gasteiger partial charge is 0.191 e. The standard InChI is InChI=1S/C16H26N6O/c1-5-14-13(15(6-2)23-21-14)10-19-16(17-4)18-7-8-22-11-12(3)9-20-22/h9,11H,5-8,10H2,1-4H3,(H2,17,18,19). The van der Waals surface area contributed by atoms with Crippen molar-refractivity contribution in [3.8, 4) is 0 Å². The van der Waals surface area contributed by atoms with Gasteiger partial charge in [-0.3, -0.25) is 9.67 Å². The summed E-state index contributed by atoms with van der Waals surface area (Å²) in [5, 5.41) is 15.0. The molecule has 0 amide bonds. The largest absolute Gasteiger partial charge is 0.361 e. The van der Waals surface area contributed by atoms with E-state index < -0.39 is 0 Å². The van der Waals surface area contributed by atoms with E-state index in [0.29, 0.717) is 6.54 Å². The van der Waals surface area contributed by atoms with Crippen LogP contribution in [0.1, 0.15) is 36.4 Å². The molecule has 2 aromatic rings. The van der Waals surface area contributed by atoms with Crippen LogP contribution in [0.3, 0.4) is 0 Å². The van der Waals surface area contributed by atoms with Crippen LogP contribution in [0.25, 0.3) is 0 Å². The van der Waals surface area contributed by atoms with Crippen LogP contribution < -0.4 is 10.6 Å². The Morgan fingerprint density at radius 2 is 2.13 bits per heavy atom. The van der Waals surface area contributed by atoms with Crippen LogP contribution >= 0.6 is 0 Å². The fraction of sp³-hybridized carbons (Fsp3) is 0.562. The molecule has 0 aliphatic heterocycles. The maximum absolute atomic E-state index is 5.38. The third-order valence-electron chi connectivity index (χ3n) is 3.66. The summed E-state index contributed by atoms with van der Waals surface area (Å²) < 4.78 is 7.30. The molecule has 2 rings (SSSR count). The monoisotopic (exact) mass is 318 g/mol. The third-order valence-corrected chi connectivity index (χ3v) is 3.66. The van der Waals surface area contributed by atoms with Crippen molar-refractivity contribution in [1.82, 2.24) is 25.6 Å². The molecule has 2 N–H and O–H groups in total. The Hall–Kier alpha value is -2.31. The van der Waals surface area contributed by atoms with Gasteiger partial charge in [-0.1, -0.05) is 19.0 Å². The lowest BCUT2D eigenvalue weighted by molar-refractivity contribution is 0.380. The molecule has 0 saturated heterocycles. The summed E-state index contributed by atoms with van der Waals surface area (Å²) in [5.74, 6) is 1.70. The number of aliphatic imine (C=N–C) groups is 1. The highest BCUT2D eigenvalue weighted by Crippen LogP contribution is 2.15. The predicted molar refractivity (Wildman–Crippen MR) is 90.4 cm³/mol. The maximum atomic E-state index is 5.38. The Labute approximate surface area is 137 Å². The number of guanidine groups is 1. The first kappa shape index (κ1) is 17.1. The van der Waals surface area contributed by atoms with Crippen LogP contribution in [0.5, 0.6) is 0 Å². The first-order valence-corrected chi connectivity index (χ1v) is 8.07. The van der Waals surface area contributed by atoms with Crippen molar-refractivity contribution < 1.29 is 4.52 Å². The fourth-order valence-corrected chi connectivity index (χ4v) is 2.41. The lowest BCUT2D eigenvalue weighted by Crippen LogP contribution is -2.38. The van der Waals surface area contributed by atoms with Crippen molar-refractivity contribution in [2.75, 3.05) is 13.6 Å². The molecule has 7 heteroatoms. The van der Waals surface area contributed by atoms with Crippen LogP contribution in [0.15, 0.2) is 21.9 Å². The molecular formula is C16H26N6O.